The van der Waals surface area contributed by atoms with Crippen molar-refractivity contribution >= 4 is 0 Å². The van der Waals surface area contributed by atoms with E-state index in [0.29, 0.717) is 12.1 Å². The van der Waals surface area contributed by atoms with E-state index in [-0.39, 0.29) is 5.54 Å². The van der Waals surface area contributed by atoms with Gasteiger partial charge < -0.3 is 10.5 Å². The second-order valence-corrected chi connectivity index (χ2v) is 6.87. The average Bonchev–Trinajstić information content (AvgIpc) is 3.19. The summed E-state index contributed by atoms with van der Waals surface area (Å²) >= 11 is 0. The Hall–Kier alpha value is -0.160. The first kappa shape index (κ1) is 13.8. The van der Waals surface area contributed by atoms with Crippen molar-refractivity contribution < 1.29 is 4.74 Å². The van der Waals surface area contributed by atoms with Gasteiger partial charge in [-0.15, -0.1) is 0 Å². The van der Waals surface area contributed by atoms with Crippen LogP contribution in [0.4, 0.5) is 0 Å². The lowest BCUT2D eigenvalue weighted by Gasteiger charge is -2.40. The van der Waals surface area contributed by atoms with Crippen molar-refractivity contribution in [1.82, 2.24) is 9.80 Å². The molecule has 19 heavy (non-hydrogen) atoms. The van der Waals surface area contributed by atoms with Crippen LogP contribution in [-0.2, 0) is 4.74 Å². The number of rotatable bonds is 3. The SMILES string of the molecule is CC1CN(C2(CN)CC(C)N(C3CC3)C2)CCCO1. The molecule has 0 spiro atoms. The maximum absolute atomic E-state index is 6.23. The zero-order chi connectivity index (χ0) is 13.5. The maximum Gasteiger partial charge on any atom is 0.0674 e. The Kier molecular flexibility index (Phi) is 3.87. The lowest BCUT2D eigenvalue weighted by molar-refractivity contribution is 0.0396. The Morgan fingerprint density at radius 3 is 2.79 bits per heavy atom. The van der Waals surface area contributed by atoms with Crippen LogP contribution in [-0.4, -0.2) is 66.3 Å². The quantitative estimate of drug-likeness (QED) is 0.830. The van der Waals surface area contributed by atoms with E-state index in [4.69, 9.17) is 10.5 Å². The predicted octanol–water partition coefficient (Wildman–Crippen LogP) is 1.05. The molecule has 3 aliphatic rings. The molecule has 3 unspecified atom stereocenters. The Balaban J connectivity index is 1.74. The fourth-order valence-electron chi connectivity index (χ4n) is 4.05. The first-order chi connectivity index (χ1) is 9.14. The zero-order valence-electron chi connectivity index (χ0n) is 12.5. The third kappa shape index (κ3) is 2.68. The molecule has 0 bridgehead atoms. The molecule has 1 aliphatic carbocycles. The van der Waals surface area contributed by atoms with E-state index < -0.39 is 0 Å². The van der Waals surface area contributed by atoms with Gasteiger partial charge in [-0.05, 0) is 39.5 Å². The monoisotopic (exact) mass is 267 g/mol. The summed E-state index contributed by atoms with van der Waals surface area (Å²) in [6.45, 7) is 9.62. The first-order valence-electron chi connectivity index (χ1n) is 7.97. The fourth-order valence-corrected chi connectivity index (χ4v) is 4.05. The van der Waals surface area contributed by atoms with Crippen molar-refractivity contribution in [1.29, 1.82) is 0 Å². The van der Waals surface area contributed by atoms with Crippen molar-refractivity contribution in [2.24, 2.45) is 5.73 Å². The highest BCUT2D eigenvalue weighted by molar-refractivity contribution is 5.07. The largest absolute Gasteiger partial charge is 0.377 e. The number of likely N-dealkylation sites (tertiary alicyclic amines) is 1. The first-order valence-corrected chi connectivity index (χ1v) is 7.97. The summed E-state index contributed by atoms with van der Waals surface area (Å²) < 4.78 is 5.80. The molecule has 2 N–H and O–H groups in total. The Labute approximate surface area is 117 Å². The normalized spacial score (nSPS) is 42.5. The zero-order valence-corrected chi connectivity index (χ0v) is 12.5. The molecule has 2 saturated heterocycles. The summed E-state index contributed by atoms with van der Waals surface area (Å²) in [5, 5.41) is 0. The molecular formula is C15H29N3O. The van der Waals surface area contributed by atoms with E-state index in [0.717, 1.165) is 38.7 Å². The van der Waals surface area contributed by atoms with Gasteiger partial charge in [0, 0.05) is 50.4 Å². The van der Waals surface area contributed by atoms with Gasteiger partial charge in [-0.25, -0.2) is 0 Å². The van der Waals surface area contributed by atoms with Gasteiger partial charge in [0.05, 0.1) is 6.10 Å². The smallest absolute Gasteiger partial charge is 0.0674 e. The molecule has 2 aliphatic heterocycles. The molecule has 4 nitrogen and oxygen atoms in total. The summed E-state index contributed by atoms with van der Waals surface area (Å²) in [4.78, 5) is 5.35. The third-order valence-electron chi connectivity index (χ3n) is 5.24. The second kappa shape index (κ2) is 5.32. The maximum atomic E-state index is 6.23. The molecule has 0 aromatic heterocycles. The lowest BCUT2D eigenvalue weighted by Crippen LogP contribution is -2.57. The van der Waals surface area contributed by atoms with Crippen molar-refractivity contribution in [3.8, 4) is 0 Å². The molecule has 4 heteroatoms. The van der Waals surface area contributed by atoms with Crippen LogP contribution in [0.3, 0.4) is 0 Å². The van der Waals surface area contributed by atoms with Gasteiger partial charge in [-0.1, -0.05) is 0 Å². The van der Waals surface area contributed by atoms with Gasteiger partial charge in [0.2, 0.25) is 0 Å². The predicted molar refractivity (Wildman–Crippen MR) is 77.2 cm³/mol. The van der Waals surface area contributed by atoms with Crippen LogP contribution in [0.5, 0.6) is 0 Å². The van der Waals surface area contributed by atoms with Crippen LogP contribution in [0.1, 0.15) is 39.5 Å². The molecule has 0 amide bonds. The lowest BCUT2D eigenvalue weighted by atomic mass is 9.93. The summed E-state index contributed by atoms with van der Waals surface area (Å²) in [5.41, 5.74) is 6.43. The summed E-state index contributed by atoms with van der Waals surface area (Å²) in [6, 6.07) is 1.54. The van der Waals surface area contributed by atoms with Crippen LogP contribution in [0.25, 0.3) is 0 Å². The average molecular weight is 267 g/mol. The van der Waals surface area contributed by atoms with E-state index in [1.807, 2.05) is 0 Å². The van der Waals surface area contributed by atoms with E-state index >= 15 is 0 Å². The number of nitrogens with two attached hydrogens (primary N) is 1. The van der Waals surface area contributed by atoms with Gasteiger partial charge in [0.1, 0.15) is 0 Å². The molecule has 3 atom stereocenters. The number of ether oxygens (including phenoxy) is 1. The molecule has 1 saturated carbocycles. The summed E-state index contributed by atoms with van der Waals surface area (Å²) in [6.07, 6.45) is 5.50. The molecule has 110 valence electrons. The van der Waals surface area contributed by atoms with Crippen LogP contribution in [0, 0.1) is 0 Å². The van der Waals surface area contributed by atoms with Crippen LogP contribution >= 0.6 is 0 Å². The number of nitrogens with zero attached hydrogens (tertiary/aromatic N) is 2. The van der Waals surface area contributed by atoms with Crippen LogP contribution < -0.4 is 5.73 Å². The standard InChI is InChI=1S/C15H29N3O/c1-12-8-15(10-16,11-18(12)14-4-5-14)17-6-3-7-19-13(2)9-17/h12-14H,3-11,16H2,1-2H3. The molecule has 3 rings (SSSR count). The minimum atomic E-state index is 0.198. The molecule has 0 aromatic carbocycles. The Morgan fingerprint density at radius 1 is 1.32 bits per heavy atom. The van der Waals surface area contributed by atoms with Gasteiger partial charge in [-0.3, -0.25) is 9.80 Å². The topological polar surface area (TPSA) is 41.7 Å². The Bertz CT molecular complexity index is 321. The van der Waals surface area contributed by atoms with Crippen molar-refractivity contribution in [2.45, 2.75) is 63.3 Å². The van der Waals surface area contributed by atoms with Crippen molar-refractivity contribution in [2.75, 3.05) is 32.8 Å². The summed E-state index contributed by atoms with van der Waals surface area (Å²) in [5.74, 6) is 0. The highest BCUT2D eigenvalue weighted by atomic mass is 16.5. The highest BCUT2D eigenvalue weighted by Gasteiger charge is 2.49. The third-order valence-corrected chi connectivity index (χ3v) is 5.24. The molecular weight excluding hydrogens is 238 g/mol. The molecule has 0 radical (unpaired) electrons. The molecule has 3 fully saturated rings. The van der Waals surface area contributed by atoms with E-state index in [1.165, 1.54) is 25.8 Å². The Morgan fingerprint density at radius 2 is 2.11 bits per heavy atom. The van der Waals surface area contributed by atoms with E-state index in [2.05, 4.69) is 23.6 Å². The minimum absolute atomic E-state index is 0.198. The second-order valence-electron chi connectivity index (χ2n) is 6.87. The van der Waals surface area contributed by atoms with Crippen LogP contribution in [0.2, 0.25) is 0 Å². The van der Waals surface area contributed by atoms with Gasteiger partial charge in [0.15, 0.2) is 0 Å². The van der Waals surface area contributed by atoms with Crippen LogP contribution in [0.15, 0.2) is 0 Å². The van der Waals surface area contributed by atoms with Crippen molar-refractivity contribution in [3.63, 3.8) is 0 Å². The molecule has 0 aromatic rings. The van der Waals surface area contributed by atoms with Crippen molar-refractivity contribution in [3.05, 3.63) is 0 Å². The molecule has 2 heterocycles. The van der Waals surface area contributed by atoms with E-state index in [1.54, 1.807) is 0 Å². The van der Waals surface area contributed by atoms with E-state index in [9.17, 15) is 0 Å². The van der Waals surface area contributed by atoms with Gasteiger partial charge in [0.25, 0.3) is 0 Å². The fraction of sp³-hybridized carbons (Fsp3) is 1.00. The number of hydrogen-bond donors (Lipinski definition) is 1. The number of hydrogen-bond acceptors (Lipinski definition) is 4. The minimum Gasteiger partial charge on any atom is -0.377 e. The summed E-state index contributed by atoms with van der Waals surface area (Å²) in [7, 11) is 0. The van der Waals surface area contributed by atoms with Gasteiger partial charge in [-0.2, -0.15) is 0 Å². The van der Waals surface area contributed by atoms with Gasteiger partial charge >= 0.3 is 0 Å². The highest BCUT2D eigenvalue weighted by Crippen LogP contribution is 2.39.